The van der Waals surface area contributed by atoms with Crippen LogP contribution in [-0.4, -0.2) is 71.1 Å². The number of ether oxygens (including phenoxy) is 1. The first-order chi connectivity index (χ1) is 18.7. The van der Waals surface area contributed by atoms with Crippen molar-refractivity contribution in [1.82, 2.24) is 19.8 Å². The predicted octanol–water partition coefficient (Wildman–Crippen LogP) is 4.67. The molecule has 0 spiro atoms. The number of nitrogens with one attached hydrogen (secondary N) is 2. The lowest BCUT2D eigenvalue weighted by atomic mass is 9.97. The number of likely N-dealkylation sites (tertiary alicyclic amines) is 1. The van der Waals surface area contributed by atoms with Crippen molar-refractivity contribution >= 4 is 35.3 Å². The number of hydrogen-bond acceptors (Lipinski definition) is 8. The summed E-state index contributed by atoms with van der Waals surface area (Å²) in [6.07, 6.45) is 2.61. The highest BCUT2D eigenvalue weighted by atomic mass is 32.2. The minimum Gasteiger partial charge on any atom is -0.444 e. The molecule has 2 bridgehead atoms. The Hall–Kier alpha value is -2.58. The second kappa shape index (κ2) is 11.9. The molecular weight excluding hydrogens is 530 g/mol. The molecule has 2 aliphatic heterocycles. The Labute approximate surface area is 239 Å². The molecule has 2 N–H and O–H groups in total. The molecule has 208 valence electrons. The molecule has 1 saturated carbocycles. The summed E-state index contributed by atoms with van der Waals surface area (Å²) in [5, 5.41) is 16.2. The van der Waals surface area contributed by atoms with Gasteiger partial charge in [0, 0.05) is 53.3 Å². The molecule has 1 aromatic heterocycles. The molecule has 1 aliphatic carbocycles. The molecule has 3 aliphatic rings. The number of carbonyl (C=O) groups excluding carboxylic acids is 2. The van der Waals surface area contributed by atoms with E-state index in [1.54, 1.807) is 28.2 Å². The maximum Gasteiger partial charge on any atom is 0.411 e. The Balaban J connectivity index is 1.19. The van der Waals surface area contributed by atoms with Gasteiger partial charge in [-0.3, -0.25) is 9.69 Å². The zero-order valence-electron chi connectivity index (χ0n) is 22.8. The summed E-state index contributed by atoms with van der Waals surface area (Å²) in [5.41, 5.74) is 0.513. The highest BCUT2D eigenvalue weighted by molar-refractivity contribution is 7.97. The maximum absolute atomic E-state index is 13.4. The number of nitrogens with zero attached hydrogens (tertiary/aromatic N) is 3. The van der Waals surface area contributed by atoms with Gasteiger partial charge >= 0.3 is 6.09 Å². The fourth-order valence-corrected chi connectivity index (χ4v) is 7.68. The van der Waals surface area contributed by atoms with Gasteiger partial charge in [-0.2, -0.15) is 5.26 Å². The van der Waals surface area contributed by atoms with Gasteiger partial charge < -0.3 is 15.4 Å². The Morgan fingerprint density at radius 1 is 1.18 bits per heavy atom. The molecule has 2 aromatic rings. The number of thiophene rings is 1. The van der Waals surface area contributed by atoms with Crippen molar-refractivity contribution in [3.8, 4) is 16.5 Å². The summed E-state index contributed by atoms with van der Waals surface area (Å²) in [6.45, 7) is 9.62. The number of piperazine rings is 1. The largest absolute Gasteiger partial charge is 0.444 e. The first-order valence-electron chi connectivity index (χ1n) is 13.7. The highest BCUT2D eigenvalue weighted by Crippen LogP contribution is 2.43. The van der Waals surface area contributed by atoms with E-state index in [4.69, 9.17) is 4.74 Å². The molecule has 2 amide bonds. The van der Waals surface area contributed by atoms with Crippen molar-refractivity contribution in [3.05, 3.63) is 41.3 Å². The molecule has 10 heteroatoms. The van der Waals surface area contributed by atoms with Gasteiger partial charge in [0.25, 0.3) is 0 Å². The van der Waals surface area contributed by atoms with Gasteiger partial charge in [0.05, 0.1) is 6.07 Å². The van der Waals surface area contributed by atoms with Gasteiger partial charge in [0.1, 0.15) is 17.7 Å². The second-order valence-electron chi connectivity index (χ2n) is 11.5. The zero-order chi connectivity index (χ0) is 27.6. The third kappa shape index (κ3) is 6.77. The average molecular weight is 568 g/mol. The van der Waals surface area contributed by atoms with Crippen LogP contribution in [0.15, 0.2) is 41.3 Å². The first-order valence-corrected chi connectivity index (χ1v) is 15.3. The van der Waals surface area contributed by atoms with Crippen LogP contribution in [0.4, 0.5) is 4.79 Å². The third-order valence-electron chi connectivity index (χ3n) is 7.45. The van der Waals surface area contributed by atoms with Crippen LogP contribution in [0.2, 0.25) is 0 Å². The smallest absolute Gasteiger partial charge is 0.411 e. The van der Waals surface area contributed by atoms with Crippen LogP contribution in [0, 0.1) is 17.2 Å². The molecule has 4 atom stereocenters. The van der Waals surface area contributed by atoms with Crippen molar-refractivity contribution < 1.29 is 14.3 Å². The summed E-state index contributed by atoms with van der Waals surface area (Å²) in [4.78, 5) is 31.3. The van der Waals surface area contributed by atoms with Crippen molar-refractivity contribution in [3.63, 3.8) is 0 Å². The average Bonchev–Trinajstić information content (AvgIpc) is 3.65. The van der Waals surface area contributed by atoms with Crippen LogP contribution >= 0.6 is 23.3 Å². The number of piperidine rings is 1. The molecule has 39 heavy (non-hydrogen) atoms. The maximum atomic E-state index is 13.4. The van der Waals surface area contributed by atoms with E-state index >= 15 is 0 Å². The van der Waals surface area contributed by atoms with Crippen molar-refractivity contribution in [2.45, 2.75) is 75.1 Å². The minimum absolute atomic E-state index is 0.0302. The SMILES string of the molecule is CC(C)(C)OC(=O)N1C2CCC(C2)C1C(=O)N[C@H](C#N)Cc1ccc(-c2ccc(SN3CCNCC3)cc2)s1. The Morgan fingerprint density at radius 2 is 1.92 bits per heavy atom. The number of nitriles is 1. The van der Waals surface area contributed by atoms with Crippen LogP contribution < -0.4 is 10.6 Å². The van der Waals surface area contributed by atoms with Crippen LogP contribution in [0.5, 0.6) is 0 Å². The quantitative estimate of drug-likeness (QED) is 0.470. The van der Waals surface area contributed by atoms with Gasteiger partial charge in [0.2, 0.25) is 5.91 Å². The van der Waals surface area contributed by atoms with Crippen molar-refractivity contribution in [2.24, 2.45) is 5.92 Å². The van der Waals surface area contributed by atoms with E-state index in [2.05, 4.69) is 51.3 Å². The van der Waals surface area contributed by atoms with Gasteiger partial charge in [0.15, 0.2) is 0 Å². The lowest BCUT2D eigenvalue weighted by molar-refractivity contribution is -0.128. The molecule has 5 rings (SSSR count). The summed E-state index contributed by atoms with van der Waals surface area (Å²) >= 11 is 3.44. The number of fused-ring (bicyclic) bond motifs is 2. The first kappa shape index (κ1) is 28.0. The molecular formula is C29H37N5O3S2. The van der Waals surface area contributed by atoms with E-state index in [1.807, 2.05) is 26.8 Å². The summed E-state index contributed by atoms with van der Waals surface area (Å²) in [5.74, 6) is -0.142. The van der Waals surface area contributed by atoms with Crippen molar-refractivity contribution in [2.75, 3.05) is 26.2 Å². The number of carbonyl (C=O) groups is 2. The number of amides is 2. The fraction of sp³-hybridized carbons (Fsp3) is 0.552. The van der Waals surface area contributed by atoms with E-state index in [-0.39, 0.29) is 17.9 Å². The molecule has 1 aromatic carbocycles. The molecule has 3 heterocycles. The van der Waals surface area contributed by atoms with Gasteiger partial charge in [-0.1, -0.05) is 12.1 Å². The number of rotatable bonds is 7. The monoisotopic (exact) mass is 567 g/mol. The summed E-state index contributed by atoms with van der Waals surface area (Å²) in [7, 11) is 0. The Bertz CT molecular complexity index is 1210. The fourth-order valence-electron chi connectivity index (χ4n) is 5.70. The number of benzene rings is 1. The van der Waals surface area contributed by atoms with Crippen LogP contribution in [0.1, 0.15) is 44.9 Å². The van der Waals surface area contributed by atoms with Crippen molar-refractivity contribution in [1.29, 1.82) is 5.26 Å². The van der Waals surface area contributed by atoms with E-state index in [9.17, 15) is 14.9 Å². The third-order valence-corrected chi connectivity index (χ3v) is 9.71. The predicted molar refractivity (Wildman–Crippen MR) is 154 cm³/mol. The topological polar surface area (TPSA) is 97.7 Å². The Morgan fingerprint density at radius 3 is 2.62 bits per heavy atom. The van der Waals surface area contributed by atoms with E-state index in [0.29, 0.717) is 6.42 Å². The van der Waals surface area contributed by atoms with Gasteiger partial charge in [-0.25, -0.2) is 9.10 Å². The summed E-state index contributed by atoms with van der Waals surface area (Å²) in [6, 6.07) is 13.8. The summed E-state index contributed by atoms with van der Waals surface area (Å²) < 4.78 is 7.99. The lowest BCUT2D eigenvalue weighted by Gasteiger charge is -2.35. The van der Waals surface area contributed by atoms with Crippen LogP contribution in [0.25, 0.3) is 10.4 Å². The molecule has 8 nitrogen and oxygen atoms in total. The zero-order valence-corrected chi connectivity index (χ0v) is 24.4. The number of hydrogen-bond donors (Lipinski definition) is 2. The van der Waals surface area contributed by atoms with E-state index in [0.717, 1.165) is 60.8 Å². The lowest BCUT2D eigenvalue weighted by Crippen LogP contribution is -2.55. The van der Waals surface area contributed by atoms with Gasteiger partial charge in [-0.05, 0) is 87.7 Å². The second-order valence-corrected chi connectivity index (χ2v) is 13.9. The van der Waals surface area contributed by atoms with E-state index in [1.165, 1.54) is 4.90 Å². The van der Waals surface area contributed by atoms with Crippen LogP contribution in [0.3, 0.4) is 0 Å². The Kier molecular flexibility index (Phi) is 8.52. The standard InChI is InChI=1S/C29H37N5O3S2/c1-29(2,3)37-28(36)34-22-7-4-20(16-22)26(34)27(35)32-21(18-30)17-24-10-11-25(38-24)19-5-8-23(9-6-19)39-33-14-12-31-13-15-33/h5-6,8-11,20-22,26,31H,4,7,12-17H2,1-3H3,(H,32,35)/t20?,21-,22?,26?/m0/s1. The minimum atomic E-state index is -0.665. The molecule has 2 saturated heterocycles. The molecule has 0 radical (unpaired) electrons. The highest BCUT2D eigenvalue weighted by Gasteiger charge is 2.52. The van der Waals surface area contributed by atoms with Crippen LogP contribution in [-0.2, 0) is 16.0 Å². The van der Waals surface area contributed by atoms with E-state index < -0.39 is 23.8 Å². The normalized spacial score (nSPS) is 23.8. The molecule has 3 fully saturated rings. The molecule has 3 unspecified atom stereocenters. The van der Waals surface area contributed by atoms with Gasteiger partial charge in [-0.15, -0.1) is 11.3 Å².